The van der Waals surface area contributed by atoms with Crippen LogP contribution in [0.5, 0.6) is 5.75 Å². The summed E-state index contributed by atoms with van der Waals surface area (Å²) in [4.78, 5) is 34.3. The lowest BCUT2D eigenvalue weighted by molar-refractivity contribution is -0.153. The molecule has 108 valence electrons. The minimum absolute atomic E-state index is 0.0929. The monoisotopic (exact) mass is 280 g/mol. The number of carbonyl (C=O) groups is 3. The molecule has 0 saturated carbocycles. The first-order valence-corrected chi connectivity index (χ1v) is 6.15. The molecule has 0 bridgehead atoms. The second kappa shape index (κ2) is 8.06. The van der Waals surface area contributed by atoms with E-state index in [2.05, 4.69) is 4.74 Å². The van der Waals surface area contributed by atoms with E-state index >= 15 is 0 Å². The lowest BCUT2D eigenvalue weighted by atomic mass is 10.1. The van der Waals surface area contributed by atoms with Gasteiger partial charge in [-0.1, -0.05) is 0 Å². The number of benzene rings is 1. The topological polar surface area (TPSA) is 89.9 Å². The minimum Gasteiger partial charge on any atom is -0.491 e. The van der Waals surface area contributed by atoms with Crippen LogP contribution in [-0.4, -0.2) is 42.5 Å². The minimum atomic E-state index is -0.997. The standard InChI is InChI=1S/C14H16O6/c1-2-19-14(18)13(17)9-12(16)10-3-5-11(6-4-10)20-8-7-15/h3-6,15H,2,7-9H2,1H3. The molecule has 0 amide bonds. The van der Waals surface area contributed by atoms with Crippen molar-refractivity contribution >= 4 is 17.5 Å². The van der Waals surface area contributed by atoms with Crippen LogP contribution >= 0.6 is 0 Å². The molecule has 0 unspecified atom stereocenters. The summed E-state index contributed by atoms with van der Waals surface area (Å²) in [5.41, 5.74) is 0.305. The lowest BCUT2D eigenvalue weighted by Gasteiger charge is -2.05. The molecular weight excluding hydrogens is 264 g/mol. The maximum absolute atomic E-state index is 11.8. The Morgan fingerprint density at radius 2 is 1.80 bits per heavy atom. The lowest BCUT2D eigenvalue weighted by Crippen LogP contribution is -2.20. The van der Waals surface area contributed by atoms with Crippen LogP contribution in [-0.2, 0) is 14.3 Å². The Bertz CT molecular complexity index is 477. The number of aliphatic hydroxyl groups is 1. The van der Waals surface area contributed by atoms with Crippen LogP contribution in [0.15, 0.2) is 24.3 Å². The van der Waals surface area contributed by atoms with Gasteiger partial charge in [0, 0.05) is 5.56 Å². The third-order valence-corrected chi connectivity index (χ3v) is 2.36. The van der Waals surface area contributed by atoms with Crippen LogP contribution < -0.4 is 4.74 Å². The summed E-state index contributed by atoms with van der Waals surface area (Å²) in [5, 5.41) is 8.60. The molecule has 6 heteroatoms. The van der Waals surface area contributed by atoms with Crippen molar-refractivity contribution in [3.8, 4) is 5.75 Å². The molecule has 0 spiro atoms. The molecular formula is C14H16O6. The second-order valence-corrected chi connectivity index (χ2v) is 3.84. The third kappa shape index (κ3) is 4.81. The number of esters is 1. The number of ether oxygens (including phenoxy) is 2. The smallest absolute Gasteiger partial charge is 0.375 e. The molecule has 0 fully saturated rings. The van der Waals surface area contributed by atoms with Gasteiger partial charge in [0.25, 0.3) is 0 Å². The van der Waals surface area contributed by atoms with Gasteiger partial charge in [-0.2, -0.15) is 0 Å². The predicted molar refractivity (Wildman–Crippen MR) is 69.6 cm³/mol. The van der Waals surface area contributed by atoms with E-state index in [1.807, 2.05) is 0 Å². The van der Waals surface area contributed by atoms with Crippen molar-refractivity contribution in [1.29, 1.82) is 0 Å². The van der Waals surface area contributed by atoms with E-state index in [0.717, 1.165) is 0 Å². The summed E-state index contributed by atoms with van der Waals surface area (Å²) in [6, 6.07) is 6.09. The zero-order chi connectivity index (χ0) is 15.0. The first kappa shape index (κ1) is 15.8. The number of carbonyl (C=O) groups excluding carboxylic acids is 3. The SMILES string of the molecule is CCOC(=O)C(=O)CC(=O)c1ccc(OCCO)cc1. The highest BCUT2D eigenvalue weighted by atomic mass is 16.5. The highest BCUT2D eigenvalue weighted by Crippen LogP contribution is 2.13. The molecule has 0 aliphatic rings. The van der Waals surface area contributed by atoms with Crippen molar-refractivity contribution in [3.63, 3.8) is 0 Å². The van der Waals surface area contributed by atoms with E-state index in [-0.39, 0.29) is 19.8 Å². The Morgan fingerprint density at radius 3 is 2.35 bits per heavy atom. The Kier molecular flexibility index (Phi) is 6.39. The highest BCUT2D eigenvalue weighted by molar-refractivity contribution is 6.38. The molecule has 6 nitrogen and oxygen atoms in total. The van der Waals surface area contributed by atoms with Gasteiger partial charge in [-0.3, -0.25) is 9.59 Å². The largest absolute Gasteiger partial charge is 0.491 e. The maximum Gasteiger partial charge on any atom is 0.375 e. The van der Waals surface area contributed by atoms with E-state index in [4.69, 9.17) is 9.84 Å². The molecule has 0 saturated heterocycles. The van der Waals surface area contributed by atoms with Crippen molar-refractivity contribution in [2.75, 3.05) is 19.8 Å². The Morgan fingerprint density at radius 1 is 1.15 bits per heavy atom. The molecule has 0 atom stereocenters. The molecule has 0 aromatic heterocycles. The zero-order valence-corrected chi connectivity index (χ0v) is 11.1. The highest BCUT2D eigenvalue weighted by Gasteiger charge is 2.19. The molecule has 1 aromatic rings. The summed E-state index contributed by atoms with van der Waals surface area (Å²) < 4.78 is 9.66. The van der Waals surface area contributed by atoms with Gasteiger partial charge in [0.05, 0.1) is 19.6 Å². The predicted octanol–water partition coefficient (Wildman–Crippen LogP) is 0.763. The van der Waals surface area contributed by atoms with Gasteiger partial charge in [0.1, 0.15) is 12.4 Å². The molecule has 1 aromatic carbocycles. The van der Waals surface area contributed by atoms with Crippen LogP contribution in [0.4, 0.5) is 0 Å². The van der Waals surface area contributed by atoms with Gasteiger partial charge in [0.15, 0.2) is 5.78 Å². The number of aliphatic hydroxyl groups excluding tert-OH is 1. The average Bonchev–Trinajstić information content (AvgIpc) is 2.45. The zero-order valence-electron chi connectivity index (χ0n) is 11.1. The van der Waals surface area contributed by atoms with Gasteiger partial charge in [-0.25, -0.2) is 4.79 Å². The van der Waals surface area contributed by atoms with E-state index in [0.29, 0.717) is 11.3 Å². The van der Waals surface area contributed by atoms with E-state index in [1.165, 1.54) is 12.1 Å². The Labute approximate surface area is 116 Å². The van der Waals surface area contributed by atoms with Gasteiger partial charge in [-0.05, 0) is 31.2 Å². The fourth-order valence-electron chi connectivity index (χ4n) is 1.43. The van der Waals surface area contributed by atoms with E-state index in [1.54, 1.807) is 19.1 Å². The fraction of sp³-hybridized carbons (Fsp3) is 0.357. The van der Waals surface area contributed by atoms with Crippen LogP contribution in [0.1, 0.15) is 23.7 Å². The first-order valence-electron chi connectivity index (χ1n) is 6.15. The third-order valence-electron chi connectivity index (χ3n) is 2.36. The normalized spacial score (nSPS) is 9.90. The van der Waals surface area contributed by atoms with Crippen molar-refractivity contribution in [2.24, 2.45) is 0 Å². The van der Waals surface area contributed by atoms with Crippen molar-refractivity contribution in [2.45, 2.75) is 13.3 Å². The number of Topliss-reactive ketones (excluding diaryl/α,β-unsaturated/α-hetero) is 2. The summed E-state index contributed by atoms with van der Waals surface area (Å²) in [5.74, 6) is -1.81. The Balaban J connectivity index is 2.59. The molecule has 0 radical (unpaired) electrons. The number of hydrogen-bond donors (Lipinski definition) is 1. The Hall–Kier alpha value is -2.21. The van der Waals surface area contributed by atoms with Gasteiger partial charge in [-0.15, -0.1) is 0 Å². The quantitative estimate of drug-likeness (QED) is 0.327. The molecule has 1 N–H and O–H groups in total. The maximum atomic E-state index is 11.8. The average molecular weight is 280 g/mol. The number of ketones is 2. The summed E-state index contributed by atoms with van der Waals surface area (Å²) >= 11 is 0. The van der Waals surface area contributed by atoms with Crippen LogP contribution in [0.25, 0.3) is 0 Å². The van der Waals surface area contributed by atoms with Gasteiger partial charge in [0.2, 0.25) is 5.78 Å². The van der Waals surface area contributed by atoms with Crippen LogP contribution in [0.2, 0.25) is 0 Å². The molecule has 0 heterocycles. The van der Waals surface area contributed by atoms with Crippen molar-refractivity contribution in [1.82, 2.24) is 0 Å². The van der Waals surface area contributed by atoms with Crippen LogP contribution in [0.3, 0.4) is 0 Å². The van der Waals surface area contributed by atoms with E-state index < -0.39 is 24.0 Å². The number of hydrogen-bond acceptors (Lipinski definition) is 6. The molecule has 0 aliphatic heterocycles. The number of rotatable bonds is 8. The van der Waals surface area contributed by atoms with Crippen molar-refractivity contribution in [3.05, 3.63) is 29.8 Å². The van der Waals surface area contributed by atoms with Crippen molar-refractivity contribution < 1.29 is 29.0 Å². The van der Waals surface area contributed by atoms with Gasteiger partial charge < -0.3 is 14.6 Å². The van der Waals surface area contributed by atoms with Gasteiger partial charge >= 0.3 is 5.97 Å². The second-order valence-electron chi connectivity index (χ2n) is 3.84. The summed E-state index contributed by atoms with van der Waals surface area (Å²) in [6.45, 7) is 1.73. The summed E-state index contributed by atoms with van der Waals surface area (Å²) in [7, 11) is 0. The molecule has 0 aliphatic carbocycles. The fourth-order valence-corrected chi connectivity index (χ4v) is 1.43. The van der Waals surface area contributed by atoms with E-state index in [9.17, 15) is 14.4 Å². The molecule has 20 heavy (non-hydrogen) atoms. The first-order chi connectivity index (χ1) is 9.58. The molecule has 1 rings (SSSR count). The summed E-state index contributed by atoms with van der Waals surface area (Å²) in [6.07, 6.45) is -0.518. The van der Waals surface area contributed by atoms with Crippen LogP contribution in [0, 0.1) is 0 Å².